The van der Waals surface area contributed by atoms with Crippen molar-refractivity contribution >= 4 is 27.7 Å². The van der Waals surface area contributed by atoms with Gasteiger partial charge in [-0.05, 0) is 30.0 Å². The number of nitrogens with one attached hydrogen (secondary N) is 2. The fraction of sp³-hybridized carbons (Fsp3) is 0.412. The second kappa shape index (κ2) is 9.37. The number of carbonyl (C=O) groups is 1. The van der Waals surface area contributed by atoms with Gasteiger partial charge in [0.05, 0.1) is 10.6 Å². The molecule has 1 aromatic heterocycles. The van der Waals surface area contributed by atoms with E-state index < -0.39 is 27.2 Å². The van der Waals surface area contributed by atoms with Crippen molar-refractivity contribution in [1.29, 1.82) is 0 Å². The fourth-order valence-electron chi connectivity index (χ4n) is 2.32. The molecule has 1 heterocycles. The Balaban J connectivity index is 1.98. The summed E-state index contributed by atoms with van der Waals surface area (Å²) in [5, 5.41) is 3.76. The van der Waals surface area contributed by atoms with Gasteiger partial charge < -0.3 is 0 Å². The number of amides is 1. The SMILES string of the molecule is CCC(C)c1ccc(S(=O)(=O)NNC(=O)CSc2nn(C)c(=O)n(C)c2=O)cc1. The van der Waals surface area contributed by atoms with E-state index in [0.717, 1.165) is 33.0 Å². The van der Waals surface area contributed by atoms with E-state index in [-0.39, 0.29) is 15.7 Å². The Morgan fingerprint density at radius 3 is 2.41 bits per heavy atom. The second-order valence-electron chi connectivity index (χ2n) is 6.40. The number of aromatic nitrogens is 3. The van der Waals surface area contributed by atoms with E-state index in [1.165, 1.54) is 26.2 Å². The highest BCUT2D eigenvalue weighted by Gasteiger charge is 2.17. The van der Waals surface area contributed by atoms with Crippen molar-refractivity contribution in [2.75, 3.05) is 5.75 Å². The average Bonchev–Trinajstić information content (AvgIpc) is 2.71. The van der Waals surface area contributed by atoms with Crippen LogP contribution >= 0.6 is 11.8 Å². The van der Waals surface area contributed by atoms with Crippen molar-refractivity contribution in [2.24, 2.45) is 14.1 Å². The van der Waals surface area contributed by atoms with Crippen LogP contribution in [0, 0.1) is 0 Å². The molecule has 1 amide bonds. The Bertz CT molecular complexity index is 1110. The van der Waals surface area contributed by atoms with E-state index in [1.54, 1.807) is 12.1 Å². The number of nitrogens with zero attached hydrogens (tertiary/aromatic N) is 3. The van der Waals surface area contributed by atoms with Gasteiger partial charge >= 0.3 is 5.69 Å². The summed E-state index contributed by atoms with van der Waals surface area (Å²) < 4.78 is 26.5. The second-order valence-corrected chi connectivity index (χ2v) is 9.04. The summed E-state index contributed by atoms with van der Waals surface area (Å²) in [4.78, 5) is 37.6. The molecule has 1 atom stereocenters. The van der Waals surface area contributed by atoms with Gasteiger partial charge in [-0.2, -0.15) is 5.10 Å². The minimum Gasteiger partial charge on any atom is -0.277 e. The zero-order valence-corrected chi connectivity index (χ0v) is 18.1. The van der Waals surface area contributed by atoms with Crippen LogP contribution < -0.4 is 21.5 Å². The summed E-state index contributed by atoms with van der Waals surface area (Å²) in [5.41, 5.74) is 1.90. The van der Waals surface area contributed by atoms with Gasteiger partial charge in [-0.15, -0.1) is 4.83 Å². The summed E-state index contributed by atoms with van der Waals surface area (Å²) in [7, 11) is -1.25. The van der Waals surface area contributed by atoms with Gasteiger partial charge in [0.15, 0.2) is 5.03 Å². The lowest BCUT2D eigenvalue weighted by molar-refractivity contribution is -0.119. The maximum absolute atomic E-state index is 12.3. The molecule has 0 saturated heterocycles. The fourth-order valence-corrected chi connectivity index (χ4v) is 3.97. The number of hydrazine groups is 1. The van der Waals surface area contributed by atoms with Gasteiger partial charge in [0.25, 0.3) is 15.6 Å². The molecular formula is C17H23N5O5S2. The Labute approximate surface area is 172 Å². The first-order valence-electron chi connectivity index (χ1n) is 8.74. The number of carbonyl (C=O) groups excluding carboxylic acids is 1. The minimum atomic E-state index is -3.93. The van der Waals surface area contributed by atoms with Crippen LogP contribution in [0.15, 0.2) is 43.8 Å². The molecule has 0 saturated carbocycles. The molecule has 0 bridgehead atoms. The number of thioether (sulfide) groups is 1. The molecule has 1 aromatic carbocycles. The first-order chi connectivity index (χ1) is 13.6. The van der Waals surface area contributed by atoms with E-state index >= 15 is 0 Å². The number of hydrogen-bond donors (Lipinski definition) is 2. The number of aryl methyl sites for hydroxylation is 1. The predicted molar refractivity (Wildman–Crippen MR) is 109 cm³/mol. The molecule has 0 aliphatic heterocycles. The Kier molecular flexibility index (Phi) is 7.38. The van der Waals surface area contributed by atoms with Crippen LogP contribution in [0.2, 0.25) is 0 Å². The molecule has 1 unspecified atom stereocenters. The van der Waals surface area contributed by atoms with Gasteiger partial charge in [0.1, 0.15) is 0 Å². The molecule has 0 aliphatic carbocycles. The first kappa shape index (κ1) is 22.8. The highest BCUT2D eigenvalue weighted by molar-refractivity contribution is 7.99. The number of rotatable bonds is 8. The lowest BCUT2D eigenvalue weighted by Gasteiger charge is -2.11. The molecule has 12 heteroatoms. The van der Waals surface area contributed by atoms with Crippen LogP contribution in [-0.4, -0.2) is 34.4 Å². The molecule has 2 N–H and O–H groups in total. The number of sulfonamides is 1. The zero-order valence-electron chi connectivity index (χ0n) is 16.5. The van der Waals surface area contributed by atoms with Gasteiger partial charge in [-0.3, -0.25) is 19.6 Å². The molecule has 2 rings (SSSR count). The summed E-state index contributed by atoms with van der Waals surface area (Å²) >= 11 is 0.795. The van der Waals surface area contributed by atoms with Crippen molar-refractivity contribution in [1.82, 2.24) is 24.6 Å². The number of benzene rings is 1. The Morgan fingerprint density at radius 2 is 1.83 bits per heavy atom. The third-order valence-electron chi connectivity index (χ3n) is 4.33. The van der Waals surface area contributed by atoms with Gasteiger partial charge in [0.2, 0.25) is 5.91 Å². The zero-order chi connectivity index (χ0) is 21.8. The standard InChI is InChI=1S/C17H23N5O5S2/c1-5-11(2)12-6-8-13(9-7-12)29(26,27)20-18-14(23)10-28-15-16(24)21(3)17(25)22(4)19-15/h6-9,11,20H,5,10H2,1-4H3,(H,18,23). The summed E-state index contributed by atoms with van der Waals surface area (Å²) in [6.07, 6.45) is 0.936. The molecule has 2 aromatic rings. The topological polar surface area (TPSA) is 132 Å². The molecule has 158 valence electrons. The van der Waals surface area contributed by atoms with E-state index in [1.807, 2.05) is 18.7 Å². The first-order valence-corrected chi connectivity index (χ1v) is 11.2. The van der Waals surface area contributed by atoms with Gasteiger partial charge in [-0.1, -0.05) is 37.7 Å². The van der Waals surface area contributed by atoms with Crippen molar-refractivity contribution in [3.05, 3.63) is 50.7 Å². The molecular weight excluding hydrogens is 418 g/mol. The van der Waals surface area contributed by atoms with E-state index in [4.69, 9.17) is 0 Å². The Morgan fingerprint density at radius 1 is 1.21 bits per heavy atom. The van der Waals surface area contributed by atoms with Gasteiger partial charge in [-0.25, -0.2) is 17.9 Å². The van der Waals surface area contributed by atoms with Crippen molar-refractivity contribution in [2.45, 2.75) is 36.1 Å². The molecule has 0 spiro atoms. The normalized spacial score (nSPS) is 12.6. The van der Waals surface area contributed by atoms with Crippen LogP contribution in [-0.2, 0) is 28.9 Å². The van der Waals surface area contributed by atoms with E-state index in [9.17, 15) is 22.8 Å². The monoisotopic (exact) mass is 441 g/mol. The van der Waals surface area contributed by atoms with E-state index in [0.29, 0.717) is 5.92 Å². The number of hydrogen-bond acceptors (Lipinski definition) is 7. The highest BCUT2D eigenvalue weighted by atomic mass is 32.2. The largest absolute Gasteiger partial charge is 0.346 e. The van der Waals surface area contributed by atoms with Crippen molar-refractivity contribution in [3.8, 4) is 0 Å². The summed E-state index contributed by atoms with van der Waals surface area (Å²) in [5.74, 6) is -0.627. The summed E-state index contributed by atoms with van der Waals surface area (Å²) in [6.45, 7) is 4.09. The molecule has 0 radical (unpaired) electrons. The maximum atomic E-state index is 12.3. The maximum Gasteiger partial charge on any atom is 0.346 e. The quantitative estimate of drug-likeness (QED) is 0.438. The van der Waals surface area contributed by atoms with Crippen LogP contribution in [0.1, 0.15) is 31.7 Å². The highest BCUT2D eigenvalue weighted by Crippen LogP contribution is 2.20. The predicted octanol–water partition coefficient (Wildman–Crippen LogP) is 0.0943. The summed E-state index contributed by atoms with van der Waals surface area (Å²) in [6, 6.07) is 6.43. The smallest absolute Gasteiger partial charge is 0.277 e. The molecule has 29 heavy (non-hydrogen) atoms. The molecule has 0 aliphatic rings. The Hall–Kier alpha value is -2.44. The van der Waals surface area contributed by atoms with E-state index in [2.05, 4.69) is 10.5 Å². The third kappa shape index (κ3) is 5.55. The molecule has 0 fully saturated rings. The van der Waals surface area contributed by atoms with Crippen molar-refractivity contribution in [3.63, 3.8) is 0 Å². The van der Waals surface area contributed by atoms with Crippen LogP contribution in [0.5, 0.6) is 0 Å². The lowest BCUT2D eigenvalue weighted by Crippen LogP contribution is -2.43. The van der Waals surface area contributed by atoms with Gasteiger partial charge in [0, 0.05) is 14.1 Å². The van der Waals surface area contributed by atoms with Crippen molar-refractivity contribution < 1.29 is 13.2 Å². The van der Waals surface area contributed by atoms with Crippen LogP contribution in [0.4, 0.5) is 0 Å². The minimum absolute atomic E-state index is 0.0195. The van der Waals surface area contributed by atoms with Crippen LogP contribution in [0.25, 0.3) is 0 Å². The molecule has 10 nitrogen and oxygen atoms in total. The third-order valence-corrected chi connectivity index (χ3v) is 6.53. The average molecular weight is 442 g/mol. The van der Waals surface area contributed by atoms with Crippen LogP contribution in [0.3, 0.4) is 0 Å². The lowest BCUT2D eigenvalue weighted by atomic mass is 9.99.